The van der Waals surface area contributed by atoms with Crippen LogP contribution in [0.2, 0.25) is 0 Å². The SMILES string of the molecule is Cc1ccc(/C(O)=C2\C(=N)N(c3ccc(F)cc3)C3=C(C(=O)CCC3)C2c2cccnc2)cc1. The predicted octanol–water partition coefficient (Wildman–Crippen LogP) is 6.09. The Kier molecular flexibility index (Phi) is 5.57. The molecule has 1 aliphatic heterocycles. The summed E-state index contributed by atoms with van der Waals surface area (Å²) < 4.78 is 13.7. The second-order valence-corrected chi connectivity index (χ2v) is 8.65. The molecular formula is C28H24FN3O2. The lowest BCUT2D eigenvalue weighted by Crippen LogP contribution is -2.42. The normalized spacial score (nSPS) is 19.8. The number of benzene rings is 2. The number of aromatic nitrogens is 1. The van der Waals surface area contributed by atoms with Crippen LogP contribution in [0.25, 0.3) is 5.76 Å². The molecule has 0 amide bonds. The summed E-state index contributed by atoms with van der Waals surface area (Å²) in [5.41, 5.74) is 4.54. The third-order valence-electron chi connectivity index (χ3n) is 6.44. The first kappa shape index (κ1) is 21.8. The van der Waals surface area contributed by atoms with Gasteiger partial charge in [0.25, 0.3) is 0 Å². The number of carbonyl (C=O) groups excluding carboxylic acids is 1. The highest BCUT2D eigenvalue weighted by Crippen LogP contribution is 2.47. The summed E-state index contributed by atoms with van der Waals surface area (Å²) in [6.07, 6.45) is 5.02. The molecule has 5 rings (SSSR count). The zero-order chi connectivity index (χ0) is 23.8. The molecule has 2 N–H and O–H groups in total. The van der Waals surface area contributed by atoms with Gasteiger partial charge in [0.05, 0.1) is 0 Å². The monoisotopic (exact) mass is 453 g/mol. The van der Waals surface area contributed by atoms with Crippen LogP contribution >= 0.6 is 0 Å². The molecule has 0 saturated heterocycles. The van der Waals surface area contributed by atoms with Crippen LogP contribution in [0.5, 0.6) is 0 Å². The average Bonchev–Trinajstić information content (AvgIpc) is 2.85. The van der Waals surface area contributed by atoms with Gasteiger partial charge in [-0.15, -0.1) is 0 Å². The number of Topliss-reactive ketones (excluding diaryl/α,β-unsaturated/α-hetero) is 1. The number of hydrogen-bond donors (Lipinski definition) is 2. The molecule has 0 saturated carbocycles. The summed E-state index contributed by atoms with van der Waals surface area (Å²) >= 11 is 0. The first-order chi connectivity index (χ1) is 16.5. The molecule has 6 heteroatoms. The Morgan fingerprint density at radius 3 is 2.50 bits per heavy atom. The highest BCUT2D eigenvalue weighted by Gasteiger charge is 2.43. The fraction of sp³-hybridized carbons (Fsp3) is 0.179. The number of aliphatic hydroxyl groups is 1. The summed E-state index contributed by atoms with van der Waals surface area (Å²) in [5, 5.41) is 20.8. The van der Waals surface area contributed by atoms with E-state index in [9.17, 15) is 19.7 Å². The van der Waals surface area contributed by atoms with Crippen molar-refractivity contribution >= 4 is 23.1 Å². The van der Waals surface area contributed by atoms with Crippen molar-refractivity contribution in [2.45, 2.75) is 32.1 Å². The summed E-state index contributed by atoms with van der Waals surface area (Å²) in [6.45, 7) is 1.96. The number of nitrogens with one attached hydrogen (secondary N) is 1. The molecular weight excluding hydrogens is 429 g/mol. The van der Waals surface area contributed by atoms with Crippen LogP contribution < -0.4 is 4.90 Å². The number of allylic oxidation sites excluding steroid dienone is 2. The Morgan fingerprint density at radius 2 is 1.82 bits per heavy atom. The Morgan fingerprint density at radius 1 is 1.09 bits per heavy atom. The molecule has 1 aromatic heterocycles. The molecule has 0 fully saturated rings. The quantitative estimate of drug-likeness (QED) is 0.471. The van der Waals surface area contributed by atoms with Crippen molar-refractivity contribution in [3.8, 4) is 0 Å². The van der Waals surface area contributed by atoms with Crippen molar-refractivity contribution in [2.24, 2.45) is 0 Å². The van der Waals surface area contributed by atoms with Gasteiger partial charge in [-0.2, -0.15) is 0 Å². The van der Waals surface area contributed by atoms with Crippen LogP contribution in [-0.4, -0.2) is 21.7 Å². The first-order valence-electron chi connectivity index (χ1n) is 11.3. The van der Waals surface area contributed by atoms with E-state index in [0.717, 1.165) is 16.8 Å². The molecule has 0 spiro atoms. The number of hydrogen-bond acceptors (Lipinski definition) is 4. The number of anilines is 1. The molecule has 2 heterocycles. The van der Waals surface area contributed by atoms with Crippen molar-refractivity contribution in [3.63, 3.8) is 0 Å². The molecule has 2 aliphatic rings. The van der Waals surface area contributed by atoms with E-state index in [1.165, 1.54) is 12.1 Å². The lowest BCUT2D eigenvalue weighted by Gasteiger charge is -2.41. The summed E-state index contributed by atoms with van der Waals surface area (Å²) in [4.78, 5) is 19.3. The number of ketones is 1. The van der Waals surface area contributed by atoms with E-state index >= 15 is 0 Å². The van der Waals surface area contributed by atoms with Gasteiger partial charge in [-0.3, -0.25) is 20.1 Å². The van der Waals surface area contributed by atoms with Gasteiger partial charge >= 0.3 is 0 Å². The highest BCUT2D eigenvalue weighted by atomic mass is 19.1. The molecule has 1 atom stereocenters. The number of aryl methyl sites for hydroxylation is 1. The minimum Gasteiger partial charge on any atom is -0.507 e. The van der Waals surface area contributed by atoms with E-state index in [0.29, 0.717) is 41.7 Å². The molecule has 170 valence electrons. The van der Waals surface area contributed by atoms with Crippen LogP contribution in [0.1, 0.15) is 41.9 Å². The van der Waals surface area contributed by atoms with E-state index in [1.54, 1.807) is 47.6 Å². The molecule has 2 aromatic carbocycles. The Bertz CT molecular complexity index is 1330. The van der Waals surface area contributed by atoms with E-state index in [-0.39, 0.29) is 23.2 Å². The number of amidine groups is 1. The maximum Gasteiger partial charge on any atom is 0.161 e. The molecule has 5 nitrogen and oxygen atoms in total. The topological polar surface area (TPSA) is 77.3 Å². The molecule has 1 aliphatic carbocycles. The van der Waals surface area contributed by atoms with E-state index in [1.807, 2.05) is 25.1 Å². The Hall–Kier alpha value is -4.06. The number of carbonyl (C=O) groups is 1. The van der Waals surface area contributed by atoms with Gasteiger partial charge in [-0.1, -0.05) is 35.9 Å². The fourth-order valence-electron chi connectivity index (χ4n) is 4.81. The molecule has 3 aromatic rings. The number of rotatable bonds is 3. The van der Waals surface area contributed by atoms with Crippen molar-refractivity contribution in [2.75, 3.05) is 4.90 Å². The lowest BCUT2D eigenvalue weighted by atomic mass is 9.73. The van der Waals surface area contributed by atoms with Crippen molar-refractivity contribution in [1.29, 1.82) is 5.41 Å². The average molecular weight is 454 g/mol. The molecule has 1 unspecified atom stereocenters. The van der Waals surface area contributed by atoms with Crippen molar-refractivity contribution < 1.29 is 14.3 Å². The number of aliphatic hydroxyl groups excluding tert-OH is 1. The third-order valence-corrected chi connectivity index (χ3v) is 6.44. The van der Waals surface area contributed by atoms with Crippen LogP contribution in [0, 0.1) is 18.2 Å². The number of pyridine rings is 1. The third kappa shape index (κ3) is 3.71. The van der Waals surface area contributed by atoms with E-state index in [4.69, 9.17) is 0 Å². The van der Waals surface area contributed by atoms with Crippen molar-refractivity contribution in [1.82, 2.24) is 4.98 Å². The minimum atomic E-state index is -0.623. The highest BCUT2D eigenvalue weighted by molar-refractivity contribution is 6.19. The van der Waals surface area contributed by atoms with Gasteiger partial charge in [0, 0.05) is 52.8 Å². The fourth-order valence-corrected chi connectivity index (χ4v) is 4.81. The summed E-state index contributed by atoms with van der Waals surface area (Å²) in [5.74, 6) is -1.01. The maximum absolute atomic E-state index is 13.7. The van der Waals surface area contributed by atoms with Gasteiger partial charge in [0.1, 0.15) is 17.4 Å². The van der Waals surface area contributed by atoms with Gasteiger partial charge < -0.3 is 5.11 Å². The van der Waals surface area contributed by atoms with Gasteiger partial charge in [0.2, 0.25) is 0 Å². The predicted molar refractivity (Wildman–Crippen MR) is 130 cm³/mol. The van der Waals surface area contributed by atoms with Crippen LogP contribution in [0.4, 0.5) is 10.1 Å². The van der Waals surface area contributed by atoms with Crippen molar-refractivity contribution in [3.05, 3.63) is 112 Å². The van der Waals surface area contributed by atoms with Crippen LogP contribution in [0.15, 0.2) is 89.9 Å². The maximum atomic E-state index is 13.7. The lowest BCUT2D eigenvalue weighted by molar-refractivity contribution is -0.116. The standard InChI is InChI=1S/C28H24FN3O2/c1-17-7-9-18(10-8-17)27(34)26-24(19-4-3-15-31-16-19)25-22(5-2-6-23(25)33)32(28(26)30)21-13-11-20(29)12-14-21/h3-4,7-16,24,30,34H,2,5-6H2,1H3/b27-26+,30-28?. The molecule has 0 radical (unpaired) electrons. The van der Waals surface area contributed by atoms with Gasteiger partial charge in [-0.25, -0.2) is 4.39 Å². The second-order valence-electron chi connectivity index (χ2n) is 8.65. The van der Waals surface area contributed by atoms with Gasteiger partial charge in [-0.05, 0) is 55.7 Å². The smallest absolute Gasteiger partial charge is 0.161 e. The zero-order valence-electron chi connectivity index (χ0n) is 18.8. The second kappa shape index (κ2) is 8.71. The molecule has 34 heavy (non-hydrogen) atoms. The van der Waals surface area contributed by atoms with E-state index in [2.05, 4.69) is 4.98 Å². The first-order valence-corrected chi connectivity index (χ1v) is 11.3. The number of nitrogens with zero attached hydrogens (tertiary/aromatic N) is 2. The zero-order valence-corrected chi connectivity index (χ0v) is 18.8. The largest absolute Gasteiger partial charge is 0.507 e. The Labute approximate surface area is 197 Å². The number of halogens is 1. The Balaban J connectivity index is 1.81. The minimum absolute atomic E-state index is 0.0103. The van der Waals surface area contributed by atoms with Crippen LogP contribution in [-0.2, 0) is 4.79 Å². The van der Waals surface area contributed by atoms with Gasteiger partial charge in [0.15, 0.2) is 5.78 Å². The summed E-state index contributed by atoms with van der Waals surface area (Å²) in [7, 11) is 0. The summed E-state index contributed by atoms with van der Waals surface area (Å²) in [6, 6.07) is 16.9. The van der Waals surface area contributed by atoms with Crippen LogP contribution in [0.3, 0.4) is 0 Å². The molecule has 0 bridgehead atoms. The van der Waals surface area contributed by atoms with E-state index < -0.39 is 5.92 Å².